The van der Waals surface area contributed by atoms with E-state index in [2.05, 4.69) is 11.8 Å². The topological polar surface area (TPSA) is 32.8 Å². The van der Waals surface area contributed by atoms with Crippen molar-refractivity contribution in [2.24, 2.45) is 0 Å². The summed E-state index contributed by atoms with van der Waals surface area (Å²) in [6.45, 7) is 7.72. The lowest BCUT2D eigenvalue weighted by Crippen LogP contribution is -2.48. The summed E-state index contributed by atoms with van der Waals surface area (Å²) >= 11 is 12.0. The predicted octanol–water partition coefficient (Wildman–Crippen LogP) is 3.08. The van der Waals surface area contributed by atoms with E-state index >= 15 is 0 Å². The molecule has 0 saturated carbocycles. The highest BCUT2D eigenvalue weighted by molar-refractivity contribution is 6.42. The molecule has 0 aromatic heterocycles. The van der Waals surface area contributed by atoms with Crippen LogP contribution in [0.2, 0.25) is 10.0 Å². The third-order valence-electron chi connectivity index (χ3n) is 3.33. The Morgan fingerprint density at radius 2 is 1.95 bits per heavy atom. The molecule has 1 aromatic carbocycles. The molecule has 0 atom stereocenters. The minimum Gasteiger partial charge on any atom is -0.444 e. The molecule has 0 spiro atoms. The minimum atomic E-state index is -0.315. The van der Waals surface area contributed by atoms with Gasteiger partial charge in [0.2, 0.25) is 0 Å². The average Bonchev–Trinajstić information content (AvgIpc) is 2.48. The molecule has 2 rings (SSSR count). The molecule has 1 aliphatic heterocycles. The number of nitrogens with zero attached hydrogens (tertiary/aromatic N) is 2. The van der Waals surface area contributed by atoms with E-state index in [-0.39, 0.29) is 12.7 Å². The zero-order valence-electron chi connectivity index (χ0n) is 11.1. The number of ether oxygens (including phenoxy) is 1. The fraction of sp³-hybridized carbons (Fsp3) is 0.429. The fourth-order valence-corrected chi connectivity index (χ4v) is 2.42. The molecule has 6 heteroatoms. The van der Waals surface area contributed by atoms with Crippen molar-refractivity contribution < 1.29 is 9.53 Å². The van der Waals surface area contributed by atoms with E-state index in [4.69, 9.17) is 27.9 Å². The van der Waals surface area contributed by atoms with Gasteiger partial charge in [0.15, 0.2) is 0 Å². The standard InChI is InChI=1S/C14H17Cl2N2O2/c1-2-17-6-8-18(9-7-17)14(19)20-10-11-4-3-5-12(15)13(11)16/h3-5H,1-2,6-10H2. The third kappa shape index (κ3) is 3.78. The molecule has 0 bridgehead atoms. The fourth-order valence-electron chi connectivity index (χ4n) is 2.04. The average molecular weight is 316 g/mol. The van der Waals surface area contributed by atoms with E-state index in [1.807, 2.05) is 0 Å². The van der Waals surface area contributed by atoms with E-state index < -0.39 is 0 Å². The van der Waals surface area contributed by atoms with E-state index in [1.54, 1.807) is 23.1 Å². The Morgan fingerprint density at radius 1 is 1.25 bits per heavy atom. The number of rotatable bonds is 3. The number of carbonyl (C=O) groups is 1. The number of piperazine rings is 1. The highest BCUT2D eigenvalue weighted by Crippen LogP contribution is 2.26. The number of amides is 1. The van der Waals surface area contributed by atoms with Gasteiger partial charge in [-0.2, -0.15) is 0 Å². The third-order valence-corrected chi connectivity index (χ3v) is 4.19. The molecule has 1 amide bonds. The smallest absolute Gasteiger partial charge is 0.410 e. The molecular formula is C14H17Cl2N2O2. The number of halogens is 2. The van der Waals surface area contributed by atoms with Gasteiger partial charge in [0.05, 0.1) is 10.0 Å². The minimum absolute atomic E-state index is 0.133. The van der Waals surface area contributed by atoms with Crippen molar-refractivity contribution in [3.63, 3.8) is 0 Å². The first kappa shape index (κ1) is 15.4. The van der Waals surface area contributed by atoms with Crippen LogP contribution in [0.15, 0.2) is 18.2 Å². The van der Waals surface area contributed by atoms with Gasteiger partial charge >= 0.3 is 6.09 Å². The first-order valence-electron chi connectivity index (χ1n) is 6.48. The van der Waals surface area contributed by atoms with Crippen molar-refractivity contribution in [2.45, 2.75) is 6.61 Å². The molecule has 0 aliphatic carbocycles. The maximum atomic E-state index is 12.0. The van der Waals surface area contributed by atoms with Crippen LogP contribution in [-0.4, -0.2) is 48.6 Å². The highest BCUT2D eigenvalue weighted by atomic mass is 35.5. The lowest BCUT2D eigenvalue weighted by molar-refractivity contribution is 0.0740. The summed E-state index contributed by atoms with van der Waals surface area (Å²) < 4.78 is 5.28. The van der Waals surface area contributed by atoms with Gasteiger partial charge in [0, 0.05) is 31.7 Å². The van der Waals surface area contributed by atoms with Crippen LogP contribution >= 0.6 is 23.2 Å². The first-order chi connectivity index (χ1) is 9.61. The van der Waals surface area contributed by atoms with Gasteiger partial charge in [0.25, 0.3) is 0 Å². The lowest BCUT2D eigenvalue weighted by Gasteiger charge is -2.33. The zero-order valence-corrected chi connectivity index (χ0v) is 12.7. The summed E-state index contributed by atoms with van der Waals surface area (Å²) in [6.07, 6.45) is -0.315. The van der Waals surface area contributed by atoms with Gasteiger partial charge < -0.3 is 9.64 Å². The molecule has 0 unspecified atom stereocenters. The van der Waals surface area contributed by atoms with Gasteiger partial charge in [-0.1, -0.05) is 35.3 Å². The van der Waals surface area contributed by atoms with Crippen LogP contribution in [0, 0.1) is 6.92 Å². The van der Waals surface area contributed by atoms with Crippen molar-refractivity contribution in [2.75, 3.05) is 32.7 Å². The Bertz CT molecular complexity index is 474. The molecule has 1 aromatic rings. The van der Waals surface area contributed by atoms with E-state index in [9.17, 15) is 4.79 Å². The first-order valence-corrected chi connectivity index (χ1v) is 7.23. The highest BCUT2D eigenvalue weighted by Gasteiger charge is 2.21. The maximum Gasteiger partial charge on any atom is 0.410 e. The molecule has 0 N–H and O–H groups in total. The summed E-state index contributed by atoms with van der Waals surface area (Å²) in [6, 6.07) is 5.28. The van der Waals surface area contributed by atoms with Gasteiger partial charge in [-0.25, -0.2) is 4.79 Å². The Hall–Kier alpha value is -0.970. The summed E-state index contributed by atoms with van der Waals surface area (Å²) in [7, 11) is 0. The predicted molar refractivity (Wildman–Crippen MR) is 80.0 cm³/mol. The Kier molecular flexibility index (Phi) is 5.52. The summed E-state index contributed by atoms with van der Waals surface area (Å²) in [5, 5.41) is 0.896. The van der Waals surface area contributed by atoms with Crippen LogP contribution in [0.25, 0.3) is 0 Å². The molecule has 4 nitrogen and oxygen atoms in total. The van der Waals surface area contributed by atoms with Crippen LogP contribution in [-0.2, 0) is 11.3 Å². The van der Waals surface area contributed by atoms with Crippen molar-refractivity contribution in [3.8, 4) is 0 Å². The molecule has 1 heterocycles. The Morgan fingerprint density at radius 3 is 2.60 bits per heavy atom. The lowest BCUT2D eigenvalue weighted by atomic mass is 10.2. The van der Waals surface area contributed by atoms with Crippen molar-refractivity contribution >= 4 is 29.3 Å². The van der Waals surface area contributed by atoms with Crippen molar-refractivity contribution in [1.29, 1.82) is 0 Å². The normalized spacial score (nSPS) is 16.2. The van der Waals surface area contributed by atoms with Crippen molar-refractivity contribution in [1.82, 2.24) is 9.80 Å². The maximum absolute atomic E-state index is 12.0. The zero-order chi connectivity index (χ0) is 14.5. The van der Waals surface area contributed by atoms with E-state index in [1.165, 1.54) is 0 Å². The monoisotopic (exact) mass is 315 g/mol. The van der Waals surface area contributed by atoms with Crippen LogP contribution in [0.4, 0.5) is 4.79 Å². The molecule has 109 valence electrons. The molecule has 1 fully saturated rings. The second-order valence-electron chi connectivity index (χ2n) is 4.60. The molecule has 20 heavy (non-hydrogen) atoms. The largest absolute Gasteiger partial charge is 0.444 e. The van der Waals surface area contributed by atoms with E-state index in [0.29, 0.717) is 28.7 Å². The SMILES string of the molecule is [CH2]CN1CCN(C(=O)OCc2cccc(Cl)c2Cl)CC1. The molecular weight excluding hydrogens is 299 g/mol. The number of hydrogen-bond donors (Lipinski definition) is 0. The molecule has 1 radical (unpaired) electrons. The van der Waals surface area contributed by atoms with Crippen LogP contribution in [0.3, 0.4) is 0 Å². The second kappa shape index (κ2) is 7.16. The van der Waals surface area contributed by atoms with Gasteiger partial charge in [-0.3, -0.25) is 4.90 Å². The van der Waals surface area contributed by atoms with E-state index in [0.717, 1.165) is 19.6 Å². The summed E-state index contributed by atoms with van der Waals surface area (Å²) in [5.74, 6) is 0. The second-order valence-corrected chi connectivity index (χ2v) is 5.38. The van der Waals surface area contributed by atoms with Crippen molar-refractivity contribution in [3.05, 3.63) is 40.7 Å². The van der Waals surface area contributed by atoms with Crippen LogP contribution < -0.4 is 0 Å². The Balaban J connectivity index is 1.85. The van der Waals surface area contributed by atoms with Crippen LogP contribution in [0.1, 0.15) is 5.56 Å². The number of hydrogen-bond acceptors (Lipinski definition) is 3. The Labute approximate surface area is 129 Å². The number of benzene rings is 1. The van der Waals surface area contributed by atoms with Gasteiger partial charge in [-0.15, -0.1) is 0 Å². The summed E-state index contributed by atoms with van der Waals surface area (Å²) in [5.41, 5.74) is 0.712. The summed E-state index contributed by atoms with van der Waals surface area (Å²) in [4.78, 5) is 15.8. The molecule has 1 saturated heterocycles. The molecule has 1 aliphatic rings. The van der Waals surface area contributed by atoms with Gasteiger partial charge in [-0.05, 0) is 19.5 Å². The quantitative estimate of drug-likeness (QED) is 0.859. The number of carbonyl (C=O) groups excluding carboxylic acids is 1. The van der Waals surface area contributed by atoms with Gasteiger partial charge in [0.1, 0.15) is 6.61 Å². The van der Waals surface area contributed by atoms with Crippen LogP contribution in [0.5, 0.6) is 0 Å².